The Labute approximate surface area is 213 Å². The second-order valence-corrected chi connectivity index (χ2v) is 9.73. The largest absolute Gasteiger partial charge is 0.352 e. The Morgan fingerprint density at radius 3 is 2.09 bits per heavy atom. The fourth-order valence-corrected chi connectivity index (χ4v) is 4.98. The predicted octanol–water partition coefficient (Wildman–Crippen LogP) is 5.97. The molecule has 3 aromatic carbocycles. The summed E-state index contributed by atoms with van der Waals surface area (Å²) in [7, 11) is 0. The van der Waals surface area contributed by atoms with Gasteiger partial charge in [0, 0.05) is 24.0 Å². The summed E-state index contributed by atoms with van der Waals surface area (Å²) in [4.78, 5) is 29.2. The Kier molecular flexibility index (Phi) is 8.96. The van der Waals surface area contributed by atoms with E-state index < -0.39 is 6.04 Å². The molecule has 0 radical (unpaired) electrons. The second kappa shape index (κ2) is 12.6. The van der Waals surface area contributed by atoms with Crippen molar-refractivity contribution in [3.8, 4) is 0 Å². The van der Waals surface area contributed by atoms with Crippen molar-refractivity contribution in [2.75, 3.05) is 0 Å². The van der Waals surface area contributed by atoms with Gasteiger partial charge in [0.1, 0.15) is 6.04 Å². The monoisotopic (exact) mass is 488 g/mol. The average molecular weight is 489 g/mol. The Morgan fingerprint density at radius 1 is 0.829 bits per heavy atom. The Bertz CT molecular complexity index is 1100. The zero-order chi connectivity index (χ0) is 24.5. The summed E-state index contributed by atoms with van der Waals surface area (Å²) < 4.78 is 0. The van der Waals surface area contributed by atoms with Crippen LogP contribution in [0.5, 0.6) is 0 Å². The van der Waals surface area contributed by atoms with Crippen LogP contribution in [0.25, 0.3) is 0 Å². The maximum absolute atomic E-state index is 13.8. The number of carbonyl (C=O) groups is 2. The highest BCUT2D eigenvalue weighted by Gasteiger charge is 2.32. The van der Waals surface area contributed by atoms with Gasteiger partial charge in [0.25, 0.3) is 0 Å². The van der Waals surface area contributed by atoms with Gasteiger partial charge in [-0.15, -0.1) is 0 Å². The van der Waals surface area contributed by atoms with E-state index in [-0.39, 0.29) is 30.8 Å². The maximum Gasteiger partial charge on any atom is 0.243 e. The molecule has 35 heavy (non-hydrogen) atoms. The number of carbonyl (C=O) groups excluding carboxylic acids is 2. The lowest BCUT2D eigenvalue weighted by Gasteiger charge is -2.33. The SMILES string of the molecule is O=C(NC1CCCCC1)[C@@H](Cc1ccccc1)N(Cc1ccccc1Cl)C(=O)Cc1ccccc1. The molecular formula is C30H33ClN2O2. The standard InChI is InChI=1S/C30H33ClN2O2/c31-27-19-11-10-16-25(27)22-33(29(34)21-24-14-6-2-7-15-24)28(20-23-12-4-1-5-13-23)30(35)32-26-17-8-3-9-18-26/h1-2,4-7,10-16,19,26,28H,3,8-9,17-18,20-22H2,(H,32,35)/t28-/m1/s1. The summed E-state index contributed by atoms with van der Waals surface area (Å²) in [5, 5.41) is 3.87. The van der Waals surface area contributed by atoms with Crippen molar-refractivity contribution in [3.63, 3.8) is 0 Å². The van der Waals surface area contributed by atoms with E-state index in [9.17, 15) is 9.59 Å². The van der Waals surface area contributed by atoms with Gasteiger partial charge >= 0.3 is 0 Å². The molecule has 2 amide bonds. The first kappa shape index (κ1) is 25.0. The molecule has 5 heteroatoms. The lowest BCUT2D eigenvalue weighted by Crippen LogP contribution is -2.53. The smallest absolute Gasteiger partial charge is 0.243 e. The van der Waals surface area contributed by atoms with Crippen LogP contribution in [-0.4, -0.2) is 28.8 Å². The normalized spacial score (nSPS) is 14.8. The molecule has 0 spiro atoms. The molecule has 0 heterocycles. The summed E-state index contributed by atoms with van der Waals surface area (Å²) in [5.41, 5.74) is 2.78. The molecule has 0 bridgehead atoms. The third kappa shape index (κ3) is 7.19. The van der Waals surface area contributed by atoms with Gasteiger partial charge in [-0.25, -0.2) is 0 Å². The molecule has 4 rings (SSSR count). The molecule has 0 aromatic heterocycles. The highest BCUT2D eigenvalue weighted by atomic mass is 35.5. The van der Waals surface area contributed by atoms with Crippen LogP contribution >= 0.6 is 11.6 Å². The first-order chi connectivity index (χ1) is 17.1. The summed E-state index contributed by atoms with van der Waals surface area (Å²) in [6, 6.07) is 26.7. The van der Waals surface area contributed by atoms with Crippen LogP contribution in [0.15, 0.2) is 84.9 Å². The van der Waals surface area contributed by atoms with E-state index >= 15 is 0 Å². The minimum atomic E-state index is -0.633. The molecule has 0 unspecified atom stereocenters. The van der Waals surface area contributed by atoms with Crippen LogP contribution in [0.4, 0.5) is 0 Å². The maximum atomic E-state index is 13.8. The Hall–Kier alpha value is -3.11. The van der Waals surface area contributed by atoms with E-state index in [0.29, 0.717) is 11.4 Å². The van der Waals surface area contributed by atoms with E-state index in [1.165, 1.54) is 6.42 Å². The van der Waals surface area contributed by atoms with Gasteiger partial charge in [0.2, 0.25) is 11.8 Å². The zero-order valence-corrected chi connectivity index (χ0v) is 20.8. The zero-order valence-electron chi connectivity index (χ0n) is 20.0. The van der Waals surface area contributed by atoms with Gasteiger partial charge < -0.3 is 10.2 Å². The van der Waals surface area contributed by atoms with Crippen LogP contribution in [-0.2, 0) is 29.0 Å². The fraction of sp³-hybridized carbons (Fsp3) is 0.333. The molecule has 0 aliphatic heterocycles. The van der Waals surface area contributed by atoms with Gasteiger partial charge in [0.05, 0.1) is 6.42 Å². The summed E-state index contributed by atoms with van der Waals surface area (Å²) in [6.07, 6.45) is 6.14. The van der Waals surface area contributed by atoms with Crippen molar-refractivity contribution < 1.29 is 9.59 Å². The van der Waals surface area contributed by atoms with Crippen molar-refractivity contribution in [3.05, 3.63) is 107 Å². The second-order valence-electron chi connectivity index (χ2n) is 9.32. The quantitative estimate of drug-likeness (QED) is 0.403. The summed E-state index contributed by atoms with van der Waals surface area (Å²) in [6.45, 7) is 0.279. The van der Waals surface area contributed by atoms with Crippen LogP contribution in [0.1, 0.15) is 48.8 Å². The van der Waals surface area contributed by atoms with Crippen molar-refractivity contribution in [1.29, 1.82) is 0 Å². The molecule has 182 valence electrons. The van der Waals surface area contributed by atoms with Gasteiger partial charge in [-0.3, -0.25) is 9.59 Å². The number of nitrogens with one attached hydrogen (secondary N) is 1. The number of rotatable bonds is 9. The number of hydrogen-bond acceptors (Lipinski definition) is 2. The van der Waals surface area contributed by atoms with Crippen LogP contribution < -0.4 is 5.32 Å². The number of nitrogens with zero attached hydrogens (tertiary/aromatic N) is 1. The van der Waals surface area contributed by atoms with Gasteiger partial charge in [0.15, 0.2) is 0 Å². The third-order valence-electron chi connectivity index (χ3n) is 6.72. The first-order valence-corrected chi connectivity index (χ1v) is 12.9. The van der Waals surface area contributed by atoms with Crippen LogP contribution in [0, 0.1) is 0 Å². The number of amides is 2. The highest BCUT2D eigenvalue weighted by Crippen LogP contribution is 2.23. The molecule has 1 fully saturated rings. The third-order valence-corrected chi connectivity index (χ3v) is 7.09. The lowest BCUT2D eigenvalue weighted by molar-refractivity contribution is -0.141. The van der Waals surface area contributed by atoms with Crippen molar-refractivity contribution in [2.24, 2.45) is 0 Å². The van der Waals surface area contributed by atoms with E-state index in [2.05, 4.69) is 5.32 Å². The van der Waals surface area contributed by atoms with Gasteiger partial charge in [-0.05, 0) is 35.6 Å². The van der Waals surface area contributed by atoms with Crippen LogP contribution in [0.3, 0.4) is 0 Å². The van der Waals surface area contributed by atoms with Crippen molar-refractivity contribution in [2.45, 2.75) is 63.6 Å². The minimum Gasteiger partial charge on any atom is -0.352 e. The molecule has 1 N–H and O–H groups in total. The van der Waals surface area contributed by atoms with Gasteiger partial charge in [-0.2, -0.15) is 0 Å². The minimum absolute atomic E-state index is 0.0872. The molecule has 3 aromatic rings. The molecule has 1 saturated carbocycles. The van der Waals surface area contributed by atoms with E-state index in [1.54, 1.807) is 4.90 Å². The number of hydrogen-bond donors (Lipinski definition) is 1. The molecule has 0 saturated heterocycles. The lowest BCUT2D eigenvalue weighted by atomic mass is 9.94. The van der Waals surface area contributed by atoms with E-state index in [4.69, 9.17) is 11.6 Å². The molecular weight excluding hydrogens is 456 g/mol. The highest BCUT2D eigenvalue weighted by molar-refractivity contribution is 6.31. The topological polar surface area (TPSA) is 49.4 Å². The van der Waals surface area contributed by atoms with Crippen LogP contribution in [0.2, 0.25) is 5.02 Å². The Morgan fingerprint density at radius 2 is 1.43 bits per heavy atom. The Balaban J connectivity index is 1.65. The summed E-state index contributed by atoms with van der Waals surface area (Å²) >= 11 is 6.49. The summed E-state index contributed by atoms with van der Waals surface area (Å²) in [5.74, 6) is -0.176. The van der Waals surface area contributed by atoms with E-state index in [1.807, 2.05) is 84.9 Å². The first-order valence-electron chi connectivity index (χ1n) is 12.5. The molecule has 1 atom stereocenters. The fourth-order valence-electron chi connectivity index (χ4n) is 4.78. The van der Waals surface area contributed by atoms with E-state index in [0.717, 1.165) is 42.4 Å². The van der Waals surface area contributed by atoms with Crippen molar-refractivity contribution in [1.82, 2.24) is 10.2 Å². The molecule has 4 nitrogen and oxygen atoms in total. The van der Waals surface area contributed by atoms with Crippen molar-refractivity contribution >= 4 is 23.4 Å². The predicted molar refractivity (Wildman–Crippen MR) is 141 cm³/mol. The number of halogens is 1. The molecule has 1 aliphatic carbocycles. The number of benzene rings is 3. The van der Waals surface area contributed by atoms with Gasteiger partial charge in [-0.1, -0.05) is 110 Å². The average Bonchev–Trinajstić information content (AvgIpc) is 2.89. The molecule has 1 aliphatic rings.